The molecule has 0 spiro atoms. The highest BCUT2D eigenvalue weighted by Crippen LogP contribution is 2.19. The van der Waals surface area contributed by atoms with Gasteiger partial charge in [-0.3, -0.25) is 4.79 Å². The second-order valence-corrected chi connectivity index (χ2v) is 14.5. The summed E-state index contributed by atoms with van der Waals surface area (Å²) in [5, 5.41) is 8.75. The molecule has 0 bridgehead atoms. The fourth-order valence-electron chi connectivity index (χ4n) is 4.72. The fourth-order valence-corrected chi connectivity index (χ4v) is 6.23. The number of azide groups is 1. The van der Waals surface area contributed by atoms with Gasteiger partial charge in [-0.1, -0.05) is 73.8 Å². The highest BCUT2D eigenvalue weighted by atomic mass is 32.2. The van der Waals surface area contributed by atoms with Crippen molar-refractivity contribution in [1.29, 1.82) is 0 Å². The zero-order valence-corrected chi connectivity index (χ0v) is 31.7. The van der Waals surface area contributed by atoms with Gasteiger partial charge >= 0.3 is 12.1 Å². The maximum absolute atomic E-state index is 13.5. The minimum absolute atomic E-state index is 0.0693. The summed E-state index contributed by atoms with van der Waals surface area (Å²) in [6, 6.07) is 14.9. The minimum atomic E-state index is -3.97. The van der Waals surface area contributed by atoms with Crippen molar-refractivity contribution in [2.24, 2.45) is 5.11 Å². The molecule has 1 unspecified atom stereocenters. The molecule has 0 heterocycles. The summed E-state index contributed by atoms with van der Waals surface area (Å²) in [4.78, 5) is 40.6. The number of hydrogen-bond donors (Lipinski definition) is 2. The Kier molecular flexibility index (Phi) is 21.5. The Morgan fingerprint density at radius 2 is 1.62 bits per heavy atom. The Morgan fingerprint density at radius 3 is 2.32 bits per heavy atom. The van der Waals surface area contributed by atoms with E-state index < -0.39 is 45.2 Å². The summed E-state index contributed by atoms with van der Waals surface area (Å²) in [7, 11) is -3.97. The highest BCUT2D eigenvalue weighted by Gasteiger charge is 2.27. The lowest BCUT2D eigenvalue weighted by atomic mass is 10.1. The summed E-state index contributed by atoms with van der Waals surface area (Å²) < 4.78 is 54.0. The van der Waals surface area contributed by atoms with E-state index in [1.807, 2.05) is 30.3 Å². The molecular weight excluding hydrogens is 706 g/mol. The third-order valence-corrected chi connectivity index (χ3v) is 9.26. The van der Waals surface area contributed by atoms with Gasteiger partial charge in [0.15, 0.2) is 9.84 Å². The highest BCUT2D eigenvalue weighted by molar-refractivity contribution is 7.91. The van der Waals surface area contributed by atoms with Crippen LogP contribution < -0.4 is 10.6 Å². The van der Waals surface area contributed by atoms with Gasteiger partial charge in [-0.15, -0.1) is 0 Å². The van der Waals surface area contributed by atoms with Gasteiger partial charge in [-0.05, 0) is 56.0 Å². The number of rotatable bonds is 27. The number of nitrogens with one attached hydrogen (secondary N) is 2. The number of sulfone groups is 1. The summed E-state index contributed by atoms with van der Waals surface area (Å²) >= 11 is 0. The predicted molar refractivity (Wildman–Crippen MR) is 199 cm³/mol. The number of alkyl carbamates (subject to hydrolysis) is 1. The van der Waals surface area contributed by atoms with E-state index in [9.17, 15) is 22.8 Å². The second kappa shape index (κ2) is 25.5. The van der Waals surface area contributed by atoms with Crippen LogP contribution in [0.15, 0.2) is 76.8 Å². The molecule has 2 aromatic rings. The molecule has 0 aliphatic heterocycles. The number of benzene rings is 2. The van der Waals surface area contributed by atoms with E-state index in [0.29, 0.717) is 45.9 Å². The number of hydrogen-bond acceptors (Lipinski definition) is 11. The molecule has 0 radical (unpaired) electrons. The van der Waals surface area contributed by atoms with Gasteiger partial charge in [0.1, 0.15) is 12.7 Å². The standard InChI is InChI=1S/C37H53N5O10S/c1-4-5-6-10-15-32(52-36(45)41-37(2,3)18-17-34(43)51-28-30-12-8-7-9-13-30)29-53(46,47)33-16-11-14-31(27-33)35(44)39-19-21-48-23-25-50-26-24-49-22-20-40-42-38/h7-9,11-14,16-18,27,32H,4-6,10,15,19-26,28-29H2,1-3H3,(H,39,44)(H,41,45)/b18-17+. The Morgan fingerprint density at radius 1 is 0.925 bits per heavy atom. The number of nitrogens with zero attached hydrogens (tertiary/aromatic N) is 3. The molecule has 0 saturated carbocycles. The maximum atomic E-state index is 13.5. The van der Waals surface area contributed by atoms with Crippen LogP contribution in [0.1, 0.15) is 68.8 Å². The van der Waals surface area contributed by atoms with Crippen molar-refractivity contribution in [3.05, 3.63) is 88.3 Å². The van der Waals surface area contributed by atoms with Crippen molar-refractivity contribution < 1.29 is 46.5 Å². The molecule has 53 heavy (non-hydrogen) atoms. The van der Waals surface area contributed by atoms with Gasteiger partial charge in [0.25, 0.3) is 5.91 Å². The molecule has 1 atom stereocenters. The first-order chi connectivity index (χ1) is 25.5. The minimum Gasteiger partial charge on any atom is -0.458 e. The summed E-state index contributed by atoms with van der Waals surface area (Å²) in [6.45, 7) is 7.86. The zero-order valence-electron chi connectivity index (χ0n) is 30.9. The number of carbonyl (C=O) groups is 3. The zero-order chi connectivity index (χ0) is 38.8. The lowest BCUT2D eigenvalue weighted by Gasteiger charge is -2.25. The van der Waals surface area contributed by atoms with Crippen LogP contribution >= 0.6 is 0 Å². The van der Waals surface area contributed by atoms with Crippen LogP contribution in [0.2, 0.25) is 0 Å². The van der Waals surface area contributed by atoms with E-state index in [4.69, 9.17) is 29.2 Å². The first-order valence-electron chi connectivity index (χ1n) is 17.7. The Hall–Kier alpha value is -4.47. The van der Waals surface area contributed by atoms with E-state index in [1.165, 1.54) is 36.4 Å². The number of unbranched alkanes of at least 4 members (excludes halogenated alkanes) is 3. The van der Waals surface area contributed by atoms with Crippen molar-refractivity contribution in [3.63, 3.8) is 0 Å². The van der Waals surface area contributed by atoms with Crippen LogP contribution in [-0.4, -0.2) is 96.5 Å². The smallest absolute Gasteiger partial charge is 0.408 e. The molecule has 15 nitrogen and oxygen atoms in total. The maximum Gasteiger partial charge on any atom is 0.408 e. The lowest BCUT2D eigenvalue weighted by Crippen LogP contribution is -2.44. The van der Waals surface area contributed by atoms with Crippen molar-refractivity contribution in [1.82, 2.24) is 10.6 Å². The van der Waals surface area contributed by atoms with Gasteiger partial charge in [0, 0.05) is 29.6 Å². The number of carbonyl (C=O) groups excluding carboxylic acids is 3. The summed E-state index contributed by atoms with van der Waals surface area (Å²) in [5.74, 6) is -1.52. The topological polar surface area (TPSA) is 204 Å². The molecule has 2 aromatic carbocycles. The summed E-state index contributed by atoms with van der Waals surface area (Å²) in [5.41, 5.74) is 8.19. The monoisotopic (exact) mass is 759 g/mol. The van der Waals surface area contributed by atoms with Crippen LogP contribution in [-0.2, 0) is 44.9 Å². The molecule has 0 aliphatic rings. The van der Waals surface area contributed by atoms with Crippen LogP contribution in [0.5, 0.6) is 0 Å². The quantitative estimate of drug-likeness (QED) is 0.0284. The molecule has 2 amide bonds. The van der Waals surface area contributed by atoms with Gasteiger partial charge in [0.2, 0.25) is 0 Å². The third-order valence-electron chi connectivity index (χ3n) is 7.47. The third kappa shape index (κ3) is 20.4. The Balaban J connectivity index is 1.88. The molecule has 0 aromatic heterocycles. The Bertz CT molecular complexity index is 1580. The number of amides is 2. The fraction of sp³-hybridized carbons (Fsp3) is 0.541. The molecule has 0 saturated heterocycles. The van der Waals surface area contributed by atoms with E-state index >= 15 is 0 Å². The van der Waals surface area contributed by atoms with Crippen molar-refractivity contribution in [2.75, 3.05) is 58.5 Å². The number of ether oxygens (including phenoxy) is 5. The average molecular weight is 760 g/mol. The van der Waals surface area contributed by atoms with Gasteiger partial charge in [-0.2, -0.15) is 0 Å². The molecule has 2 N–H and O–H groups in total. The summed E-state index contributed by atoms with van der Waals surface area (Å²) in [6.07, 6.45) is 4.68. The number of esters is 1. The van der Waals surface area contributed by atoms with Crippen molar-refractivity contribution in [3.8, 4) is 0 Å². The molecular formula is C37H53N5O10S. The van der Waals surface area contributed by atoms with Crippen LogP contribution in [0.3, 0.4) is 0 Å². The molecule has 292 valence electrons. The first-order valence-corrected chi connectivity index (χ1v) is 19.3. The molecule has 2 rings (SSSR count). The van der Waals surface area contributed by atoms with E-state index in [0.717, 1.165) is 24.8 Å². The van der Waals surface area contributed by atoms with Gasteiger partial charge in [-0.25, -0.2) is 18.0 Å². The molecule has 0 aliphatic carbocycles. The molecule has 0 fully saturated rings. The van der Waals surface area contributed by atoms with Crippen molar-refractivity contribution >= 4 is 27.8 Å². The van der Waals surface area contributed by atoms with Gasteiger partial charge < -0.3 is 34.3 Å². The second-order valence-electron chi connectivity index (χ2n) is 12.5. The lowest BCUT2D eigenvalue weighted by molar-refractivity contribution is -0.139. The Labute approximate surface area is 312 Å². The molecule has 16 heteroatoms. The predicted octanol–water partition coefficient (Wildman–Crippen LogP) is 5.69. The largest absolute Gasteiger partial charge is 0.458 e. The van der Waals surface area contributed by atoms with Crippen LogP contribution in [0, 0.1) is 0 Å². The normalized spacial score (nSPS) is 12.1. The van der Waals surface area contributed by atoms with E-state index in [2.05, 4.69) is 27.6 Å². The van der Waals surface area contributed by atoms with Crippen molar-refractivity contribution in [2.45, 2.75) is 76.0 Å². The average Bonchev–Trinajstić information content (AvgIpc) is 3.13. The SMILES string of the molecule is CCCCCCC(CS(=O)(=O)c1cccc(C(=O)NCCOCCOCCOCCN=[N+]=[N-])c1)OC(=O)NC(C)(C)/C=C/C(=O)OCc1ccccc1. The van der Waals surface area contributed by atoms with E-state index in [1.54, 1.807) is 13.8 Å². The first kappa shape index (κ1) is 44.7. The van der Waals surface area contributed by atoms with Crippen LogP contribution in [0.4, 0.5) is 4.79 Å². The van der Waals surface area contributed by atoms with E-state index in [-0.39, 0.29) is 36.8 Å². The van der Waals surface area contributed by atoms with Crippen LogP contribution in [0.25, 0.3) is 10.4 Å². The van der Waals surface area contributed by atoms with Gasteiger partial charge in [0.05, 0.1) is 55.8 Å².